The highest BCUT2D eigenvalue weighted by atomic mass is 31.2. The smallest absolute Gasteiger partial charge is 0.144 e. The molecule has 3 heteroatoms. The van der Waals surface area contributed by atoms with Crippen LogP contribution in [0.3, 0.4) is 0 Å². The summed E-state index contributed by atoms with van der Waals surface area (Å²) in [5.74, 6) is -1.08. The molecule has 4 aromatic carbocycles. The minimum Gasteiger partial charge on any atom is -0.550 e. The van der Waals surface area contributed by atoms with Gasteiger partial charge in [0.1, 0.15) is 28.5 Å². The van der Waals surface area contributed by atoms with E-state index < -0.39 is 13.2 Å². The van der Waals surface area contributed by atoms with E-state index in [1.54, 1.807) is 0 Å². The van der Waals surface area contributed by atoms with Gasteiger partial charge in [-0.3, -0.25) is 0 Å². The molecule has 0 saturated heterocycles. The van der Waals surface area contributed by atoms with E-state index in [9.17, 15) is 0 Å². The molecule has 0 aliphatic carbocycles. The Bertz CT molecular complexity index is 999. The van der Waals surface area contributed by atoms with Crippen LogP contribution in [-0.2, 0) is 4.79 Å². The van der Waals surface area contributed by atoms with Crippen molar-refractivity contribution in [2.24, 2.45) is 0 Å². The van der Waals surface area contributed by atoms with E-state index in [2.05, 4.69) is 125 Å². The Labute approximate surface area is 198 Å². The zero-order chi connectivity index (χ0) is 24.0. The fraction of sp³-hybridized carbons (Fsp3) is 0.167. The number of carbonyl (C=O) groups is 1. The number of rotatable bonds is 4. The van der Waals surface area contributed by atoms with Crippen LogP contribution in [0.15, 0.2) is 97.1 Å². The number of hydrogen-bond donors (Lipinski definition) is 0. The molecule has 0 aliphatic heterocycles. The van der Waals surface area contributed by atoms with Gasteiger partial charge in [-0.1, -0.05) is 70.8 Å². The van der Waals surface area contributed by atoms with Crippen LogP contribution >= 0.6 is 7.26 Å². The second-order valence-corrected chi connectivity index (χ2v) is 11.9. The average molecular weight is 455 g/mol. The standard InChI is InChI=1S/C28H28P.C2H4O2/c1-21-5-13-25(14-6-21)29(26-15-7-22(2)8-16-26,27-17-9-23(3)10-18-27)28-19-11-24(4)12-20-28;1-2(3)4/h5-20H,1-4H3;1H3,(H,3,4)/q+1;/p-1. The van der Waals surface area contributed by atoms with Gasteiger partial charge in [0.25, 0.3) is 0 Å². The lowest BCUT2D eigenvalue weighted by Crippen LogP contribution is -2.38. The van der Waals surface area contributed by atoms with Gasteiger partial charge >= 0.3 is 0 Å². The minimum atomic E-state index is -1.98. The molecule has 0 fully saturated rings. The van der Waals surface area contributed by atoms with E-state index in [4.69, 9.17) is 9.90 Å². The minimum absolute atomic E-state index is 0.972. The summed E-state index contributed by atoms with van der Waals surface area (Å²) in [6, 6.07) is 36.7. The van der Waals surface area contributed by atoms with Crippen LogP contribution in [0.1, 0.15) is 29.2 Å². The molecular formula is C30H31O2P. The molecule has 0 saturated carbocycles. The maximum absolute atomic E-state index is 8.89. The summed E-state index contributed by atoms with van der Waals surface area (Å²) in [6.45, 7) is 9.61. The van der Waals surface area contributed by atoms with Gasteiger partial charge < -0.3 is 9.90 Å². The van der Waals surface area contributed by atoms with Crippen molar-refractivity contribution < 1.29 is 9.90 Å². The van der Waals surface area contributed by atoms with Gasteiger partial charge in [0.15, 0.2) is 0 Å². The van der Waals surface area contributed by atoms with Gasteiger partial charge in [0.2, 0.25) is 0 Å². The molecule has 2 nitrogen and oxygen atoms in total. The normalized spacial score (nSPS) is 10.8. The number of hydrogen-bond acceptors (Lipinski definition) is 2. The Hall–Kier alpha value is -3.22. The summed E-state index contributed by atoms with van der Waals surface area (Å²) in [6.07, 6.45) is 0. The molecule has 0 atom stereocenters. The summed E-state index contributed by atoms with van der Waals surface area (Å²) in [5.41, 5.74) is 5.18. The first-order valence-electron chi connectivity index (χ1n) is 11.1. The second-order valence-electron chi connectivity index (χ2n) is 8.50. The highest BCUT2D eigenvalue weighted by molar-refractivity contribution is 8.01. The first kappa shape index (κ1) is 24.4. The van der Waals surface area contributed by atoms with E-state index in [0.29, 0.717) is 0 Å². The highest BCUT2D eigenvalue weighted by Gasteiger charge is 2.47. The van der Waals surface area contributed by atoms with Crippen molar-refractivity contribution in [1.29, 1.82) is 0 Å². The summed E-state index contributed by atoms with van der Waals surface area (Å²) < 4.78 is 0. The zero-order valence-electron chi connectivity index (χ0n) is 20.0. The topological polar surface area (TPSA) is 40.1 Å². The van der Waals surface area contributed by atoms with Gasteiger partial charge in [-0.2, -0.15) is 0 Å². The van der Waals surface area contributed by atoms with Crippen molar-refractivity contribution in [2.45, 2.75) is 34.6 Å². The third-order valence-electron chi connectivity index (χ3n) is 5.69. The van der Waals surface area contributed by atoms with E-state index in [0.717, 1.165) is 6.92 Å². The maximum atomic E-state index is 8.89. The van der Waals surface area contributed by atoms with Crippen molar-refractivity contribution in [2.75, 3.05) is 0 Å². The van der Waals surface area contributed by atoms with E-state index in [-0.39, 0.29) is 0 Å². The quantitative estimate of drug-likeness (QED) is 0.432. The van der Waals surface area contributed by atoms with Crippen molar-refractivity contribution >= 4 is 34.4 Å². The summed E-state index contributed by atoms with van der Waals surface area (Å²) in [4.78, 5) is 8.89. The number of benzene rings is 4. The molecule has 4 aromatic rings. The third-order valence-corrected chi connectivity index (χ3v) is 9.98. The van der Waals surface area contributed by atoms with Crippen molar-refractivity contribution in [3.63, 3.8) is 0 Å². The van der Waals surface area contributed by atoms with Gasteiger partial charge in [-0.05, 0) is 83.1 Å². The SMILES string of the molecule is CC(=O)[O-].Cc1ccc([P+](c2ccc(C)cc2)(c2ccc(C)cc2)c2ccc(C)cc2)cc1. The Morgan fingerprint density at radius 1 is 0.485 bits per heavy atom. The predicted octanol–water partition coefficient (Wildman–Crippen LogP) is 4.30. The maximum Gasteiger partial charge on any atom is 0.144 e. The predicted molar refractivity (Wildman–Crippen MR) is 141 cm³/mol. The Kier molecular flexibility index (Phi) is 7.84. The lowest BCUT2D eigenvalue weighted by molar-refractivity contribution is -0.302. The van der Waals surface area contributed by atoms with Gasteiger partial charge in [0.05, 0.1) is 0 Å². The van der Waals surface area contributed by atoms with Crippen LogP contribution in [0.4, 0.5) is 0 Å². The fourth-order valence-corrected chi connectivity index (χ4v) is 8.14. The molecule has 0 unspecified atom stereocenters. The lowest BCUT2D eigenvalue weighted by Gasteiger charge is -2.28. The van der Waals surface area contributed by atoms with E-state index in [1.807, 2.05) is 0 Å². The van der Waals surface area contributed by atoms with Crippen LogP contribution in [-0.4, -0.2) is 5.97 Å². The van der Waals surface area contributed by atoms with Crippen LogP contribution in [0, 0.1) is 27.7 Å². The molecule has 0 radical (unpaired) electrons. The molecule has 33 heavy (non-hydrogen) atoms. The zero-order valence-corrected chi connectivity index (χ0v) is 20.9. The van der Waals surface area contributed by atoms with Crippen molar-refractivity contribution in [3.8, 4) is 0 Å². The number of carboxylic acids is 1. The lowest BCUT2D eigenvalue weighted by atomic mass is 10.2. The van der Waals surface area contributed by atoms with Crippen LogP contribution in [0.2, 0.25) is 0 Å². The Morgan fingerprint density at radius 2 is 0.636 bits per heavy atom. The van der Waals surface area contributed by atoms with Crippen LogP contribution < -0.4 is 26.3 Å². The van der Waals surface area contributed by atoms with E-state index in [1.165, 1.54) is 43.5 Å². The molecule has 168 valence electrons. The van der Waals surface area contributed by atoms with Gasteiger partial charge in [-0.15, -0.1) is 0 Å². The number of aliphatic carboxylic acids is 1. The van der Waals surface area contributed by atoms with Crippen LogP contribution in [0.25, 0.3) is 0 Å². The molecule has 0 amide bonds. The molecule has 0 aliphatic rings. The number of carboxylic acid groups (broad SMARTS) is 1. The monoisotopic (exact) mass is 454 g/mol. The van der Waals surface area contributed by atoms with Crippen molar-refractivity contribution in [3.05, 3.63) is 119 Å². The summed E-state index contributed by atoms with van der Waals surface area (Å²) in [7, 11) is -1.98. The Morgan fingerprint density at radius 3 is 0.788 bits per heavy atom. The highest BCUT2D eigenvalue weighted by Crippen LogP contribution is 2.54. The first-order chi connectivity index (χ1) is 15.7. The molecule has 0 spiro atoms. The molecule has 0 heterocycles. The summed E-state index contributed by atoms with van der Waals surface area (Å²) >= 11 is 0. The fourth-order valence-electron chi connectivity index (χ4n) is 3.97. The molecule has 0 bridgehead atoms. The first-order valence-corrected chi connectivity index (χ1v) is 12.9. The third kappa shape index (κ3) is 5.59. The van der Waals surface area contributed by atoms with Crippen molar-refractivity contribution in [1.82, 2.24) is 0 Å². The molecule has 4 rings (SSSR count). The number of aryl methyl sites for hydroxylation is 4. The molecule has 0 N–H and O–H groups in total. The largest absolute Gasteiger partial charge is 0.550 e. The number of carbonyl (C=O) groups excluding carboxylic acids is 1. The van der Waals surface area contributed by atoms with E-state index >= 15 is 0 Å². The van der Waals surface area contributed by atoms with Gasteiger partial charge in [-0.25, -0.2) is 0 Å². The average Bonchev–Trinajstić information content (AvgIpc) is 2.78. The second kappa shape index (κ2) is 10.6. The Balaban J connectivity index is 0.000000709. The van der Waals surface area contributed by atoms with Gasteiger partial charge in [0, 0.05) is 5.97 Å². The summed E-state index contributed by atoms with van der Waals surface area (Å²) in [5, 5.41) is 14.5. The molecule has 0 aromatic heterocycles. The van der Waals surface area contributed by atoms with Crippen LogP contribution in [0.5, 0.6) is 0 Å². The molecular weight excluding hydrogens is 423 g/mol.